The van der Waals surface area contributed by atoms with Gasteiger partial charge in [0.05, 0.1) is 5.69 Å². The molecule has 2 aromatic rings. The molecule has 0 aromatic carbocycles. The zero-order valence-corrected chi connectivity index (χ0v) is 10.7. The van der Waals surface area contributed by atoms with E-state index in [1.807, 2.05) is 44.8 Å². The minimum Gasteiger partial charge on any atom is -0.350 e. The van der Waals surface area contributed by atoms with Gasteiger partial charge in [-0.1, -0.05) is 0 Å². The molecule has 0 aliphatic rings. The highest BCUT2D eigenvalue weighted by atomic mass is 15.3. The highest BCUT2D eigenvalue weighted by Crippen LogP contribution is 2.08. The Morgan fingerprint density at radius 3 is 2.35 bits per heavy atom. The third-order valence-corrected chi connectivity index (χ3v) is 2.53. The Labute approximate surface area is 101 Å². The molecule has 0 atom stereocenters. The van der Waals surface area contributed by atoms with Crippen LogP contribution < -0.4 is 5.32 Å². The van der Waals surface area contributed by atoms with Crippen molar-refractivity contribution in [2.24, 2.45) is 7.05 Å². The summed E-state index contributed by atoms with van der Waals surface area (Å²) in [4.78, 5) is 8.67. The van der Waals surface area contributed by atoms with Crippen LogP contribution in [0.2, 0.25) is 0 Å². The van der Waals surface area contributed by atoms with Crippen LogP contribution in [0.4, 0.5) is 5.95 Å². The Balaban J connectivity index is 2.09. The number of hydrogen-bond donors (Lipinski definition) is 1. The molecular formula is C12H17N5. The van der Waals surface area contributed by atoms with Crippen molar-refractivity contribution in [1.82, 2.24) is 19.7 Å². The first-order chi connectivity index (χ1) is 8.04. The zero-order chi connectivity index (χ0) is 12.4. The van der Waals surface area contributed by atoms with E-state index >= 15 is 0 Å². The quantitative estimate of drug-likeness (QED) is 0.874. The van der Waals surface area contributed by atoms with E-state index in [0.717, 1.165) is 22.6 Å². The van der Waals surface area contributed by atoms with Gasteiger partial charge in [0.2, 0.25) is 5.95 Å². The van der Waals surface area contributed by atoms with Gasteiger partial charge in [-0.15, -0.1) is 0 Å². The van der Waals surface area contributed by atoms with E-state index in [9.17, 15) is 0 Å². The Morgan fingerprint density at radius 2 is 1.82 bits per heavy atom. The number of nitrogens with zero attached hydrogens (tertiary/aromatic N) is 4. The van der Waals surface area contributed by atoms with Crippen LogP contribution in [0.3, 0.4) is 0 Å². The number of anilines is 1. The first-order valence-corrected chi connectivity index (χ1v) is 5.60. The van der Waals surface area contributed by atoms with Crippen LogP contribution >= 0.6 is 0 Å². The zero-order valence-electron chi connectivity index (χ0n) is 10.7. The van der Waals surface area contributed by atoms with Gasteiger partial charge in [-0.25, -0.2) is 9.97 Å². The molecule has 0 saturated heterocycles. The number of rotatable bonds is 3. The Morgan fingerprint density at radius 1 is 1.18 bits per heavy atom. The average molecular weight is 231 g/mol. The maximum atomic E-state index is 4.34. The second-order valence-corrected chi connectivity index (χ2v) is 4.24. The van der Waals surface area contributed by atoms with Crippen molar-refractivity contribution in [3.05, 3.63) is 34.9 Å². The van der Waals surface area contributed by atoms with E-state index in [4.69, 9.17) is 0 Å². The summed E-state index contributed by atoms with van der Waals surface area (Å²) >= 11 is 0. The van der Waals surface area contributed by atoms with E-state index in [1.165, 1.54) is 0 Å². The molecule has 17 heavy (non-hydrogen) atoms. The number of nitrogens with one attached hydrogen (secondary N) is 1. The second kappa shape index (κ2) is 4.53. The molecule has 5 nitrogen and oxygen atoms in total. The van der Waals surface area contributed by atoms with E-state index in [2.05, 4.69) is 20.4 Å². The summed E-state index contributed by atoms with van der Waals surface area (Å²) in [6.45, 7) is 6.63. The molecule has 2 aromatic heterocycles. The van der Waals surface area contributed by atoms with Gasteiger partial charge in [0, 0.05) is 36.7 Å². The molecule has 2 heterocycles. The average Bonchev–Trinajstić information content (AvgIpc) is 2.53. The number of aromatic nitrogens is 4. The van der Waals surface area contributed by atoms with Crippen molar-refractivity contribution in [3.8, 4) is 0 Å². The lowest BCUT2D eigenvalue weighted by Gasteiger charge is -2.05. The van der Waals surface area contributed by atoms with Gasteiger partial charge in [-0.2, -0.15) is 5.10 Å². The van der Waals surface area contributed by atoms with Gasteiger partial charge >= 0.3 is 0 Å². The molecule has 0 radical (unpaired) electrons. The molecule has 0 fully saturated rings. The normalized spacial score (nSPS) is 10.6. The van der Waals surface area contributed by atoms with Crippen LogP contribution in [0.5, 0.6) is 0 Å². The lowest BCUT2D eigenvalue weighted by Crippen LogP contribution is -2.05. The highest BCUT2D eigenvalue weighted by molar-refractivity contribution is 5.30. The second-order valence-electron chi connectivity index (χ2n) is 4.24. The molecule has 0 aliphatic heterocycles. The van der Waals surface area contributed by atoms with Crippen LogP contribution in [0.1, 0.15) is 22.6 Å². The number of aryl methyl sites for hydroxylation is 4. The van der Waals surface area contributed by atoms with E-state index < -0.39 is 0 Å². The summed E-state index contributed by atoms with van der Waals surface area (Å²) in [6, 6.07) is 1.96. The van der Waals surface area contributed by atoms with Crippen molar-refractivity contribution in [2.75, 3.05) is 5.32 Å². The molecule has 0 amide bonds. The fourth-order valence-corrected chi connectivity index (χ4v) is 1.80. The fraction of sp³-hybridized carbons (Fsp3) is 0.417. The molecular weight excluding hydrogens is 214 g/mol. The predicted octanol–water partition coefficient (Wildman–Crippen LogP) is 1.75. The summed E-state index contributed by atoms with van der Waals surface area (Å²) in [6.07, 6.45) is 2.00. The summed E-state index contributed by atoms with van der Waals surface area (Å²) in [5, 5.41) is 7.52. The highest BCUT2D eigenvalue weighted by Gasteiger charge is 2.04. The molecule has 0 aliphatic carbocycles. The van der Waals surface area contributed by atoms with Gasteiger partial charge in [-0.05, 0) is 26.8 Å². The number of hydrogen-bond acceptors (Lipinski definition) is 4. The summed E-state index contributed by atoms with van der Waals surface area (Å²) < 4.78 is 1.81. The fourth-order valence-electron chi connectivity index (χ4n) is 1.80. The summed E-state index contributed by atoms with van der Waals surface area (Å²) in [7, 11) is 1.92. The van der Waals surface area contributed by atoms with E-state index in [1.54, 1.807) is 0 Å². The standard InChI is InChI=1S/C12H17N5/c1-8-5-9(2)15-12(14-8)13-6-11-7-17(4)16-10(11)3/h5,7H,6H2,1-4H3,(H,13,14,15). The maximum Gasteiger partial charge on any atom is 0.223 e. The van der Waals surface area contributed by atoms with Gasteiger partial charge in [0.15, 0.2) is 0 Å². The van der Waals surface area contributed by atoms with Gasteiger partial charge in [0.25, 0.3) is 0 Å². The molecule has 0 saturated carbocycles. The minimum atomic E-state index is 0.672. The van der Waals surface area contributed by atoms with Crippen LogP contribution in [-0.2, 0) is 13.6 Å². The van der Waals surface area contributed by atoms with Crippen LogP contribution in [0.15, 0.2) is 12.3 Å². The lowest BCUT2D eigenvalue weighted by molar-refractivity contribution is 0.756. The maximum absolute atomic E-state index is 4.34. The largest absolute Gasteiger partial charge is 0.350 e. The van der Waals surface area contributed by atoms with E-state index in [0.29, 0.717) is 12.5 Å². The summed E-state index contributed by atoms with van der Waals surface area (Å²) in [5.41, 5.74) is 4.14. The smallest absolute Gasteiger partial charge is 0.223 e. The van der Waals surface area contributed by atoms with Gasteiger partial charge < -0.3 is 5.32 Å². The van der Waals surface area contributed by atoms with Crippen molar-refractivity contribution in [1.29, 1.82) is 0 Å². The lowest BCUT2D eigenvalue weighted by atomic mass is 10.3. The molecule has 0 spiro atoms. The van der Waals surface area contributed by atoms with Crippen LogP contribution in [0.25, 0.3) is 0 Å². The Bertz CT molecular complexity index is 509. The third-order valence-electron chi connectivity index (χ3n) is 2.53. The first-order valence-electron chi connectivity index (χ1n) is 5.60. The molecule has 2 rings (SSSR count). The van der Waals surface area contributed by atoms with E-state index in [-0.39, 0.29) is 0 Å². The van der Waals surface area contributed by atoms with Crippen molar-refractivity contribution < 1.29 is 0 Å². The van der Waals surface area contributed by atoms with Gasteiger partial charge in [0.1, 0.15) is 0 Å². The molecule has 5 heteroatoms. The van der Waals surface area contributed by atoms with Crippen LogP contribution in [-0.4, -0.2) is 19.7 Å². The SMILES string of the molecule is Cc1cc(C)nc(NCc2cn(C)nc2C)n1. The Kier molecular flexibility index (Phi) is 3.08. The molecule has 90 valence electrons. The summed E-state index contributed by atoms with van der Waals surface area (Å²) in [5.74, 6) is 0.672. The van der Waals surface area contributed by atoms with Gasteiger partial charge in [-0.3, -0.25) is 4.68 Å². The predicted molar refractivity (Wildman–Crippen MR) is 66.8 cm³/mol. The van der Waals surface area contributed by atoms with Crippen LogP contribution in [0, 0.1) is 20.8 Å². The third kappa shape index (κ3) is 2.81. The van der Waals surface area contributed by atoms with Crippen molar-refractivity contribution in [2.45, 2.75) is 27.3 Å². The molecule has 0 unspecified atom stereocenters. The minimum absolute atomic E-state index is 0.672. The van der Waals surface area contributed by atoms with Crippen molar-refractivity contribution >= 4 is 5.95 Å². The first kappa shape index (κ1) is 11.6. The topological polar surface area (TPSA) is 55.6 Å². The molecule has 1 N–H and O–H groups in total. The van der Waals surface area contributed by atoms with Crippen molar-refractivity contribution in [3.63, 3.8) is 0 Å². The monoisotopic (exact) mass is 231 g/mol. The molecule has 0 bridgehead atoms. The Hall–Kier alpha value is -1.91.